The van der Waals surface area contributed by atoms with Gasteiger partial charge in [0.1, 0.15) is 6.10 Å². The maximum Gasteiger partial charge on any atom is 0.508 e. The van der Waals surface area contributed by atoms with E-state index in [2.05, 4.69) is 4.74 Å². The first-order valence-electron chi connectivity index (χ1n) is 4.50. The zero-order chi connectivity index (χ0) is 11.0. The highest BCUT2D eigenvalue weighted by atomic mass is 16.7. The first-order chi connectivity index (χ1) is 6.60. The van der Waals surface area contributed by atoms with Crippen molar-refractivity contribution in [2.24, 2.45) is 0 Å². The fourth-order valence-electron chi connectivity index (χ4n) is 0.826. The average molecular weight is 204 g/mol. The minimum atomic E-state index is -0.735. The van der Waals surface area contributed by atoms with Crippen molar-refractivity contribution in [3.63, 3.8) is 0 Å². The number of ether oxygens (including phenoxy) is 3. The Hall–Kier alpha value is -1.26. The number of rotatable bonds is 5. The molecule has 0 aromatic carbocycles. The van der Waals surface area contributed by atoms with Gasteiger partial charge in [-0.3, -0.25) is 4.79 Å². The molecule has 0 rings (SSSR count). The van der Waals surface area contributed by atoms with Crippen molar-refractivity contribution < 1.29 is 23.8 Å². The number of esters is 1. The van der Waals surface area contributed by atoms with Crippen molar-refractivity contribution in [1.82, 2.24) is 0 Å². The lowest BCUT2D eigenvalue weighted by molar-refractivity contribution is -0.143. The van der Waals surface area contributed by atoms with Crippen LogP contribution in [0.3, 0.4) is 0 Å². The van der Waals surface area contributed by atoms with E-state index in [0.29, 0.717) is 13.0 Å². The van der Waals surface area contributed by atoms with Crippen LogP contribution in [0.2, 0.25) is 0 Å². The normalized spacial score (nSPS) is 11.6. The molecular weight excluding hydrogens is 188 g/mol. The second-order valence-electron chi connectivity index (χ2n) is 2.73. The van der Waals surface area contributed by atoms with Crippen molar-refractivity contribution in [3.8, 4) is 0 Å². The molecule has 0 radical (unpaired) electrons. The lowest BCUT2D eigenvalue weighted by Gasteiger charge is -2.10. The van der Waals surface area contributed by atoms with Crippen LogP contribution < -0.4 is 0 Å². The Morgan fingerprint density at radius 2 is 2.00 bits per heavy atom. The van der Waals surface area contributed by atoms with Crippen molar-refractivity contribution in [3.05, 3.63) is 0 Å². The molecule has 0 saturated carbocycles. The molecule has 0 aliphatic carbocycles. The zero-order valence-corrected chi connectivity index (χ0v) is 8.74. The summed E-state index contributed by atoms with van der Waals surface area (Å²) in [5.74, 6) is -0.284. The van der Waals surface area contributed by atoms with E-state index in [1.54, 1.807) is 13.8 Å². The molecule has 1 unspecified atom stereocenters. The predicted molar refractivity (Wildman–Crippen MR) is 48.8 cm³/mol. The predicted octanol–water partition coefficient (Wildman–Crippen LogP) is 1.50. The van der Waals surface area contributed by atoms with E-state index in [1.165, 1.54) is 7.11 Å². The molecule has 0 saturated heterocycles. The van der Waals surface area contributed by atoms with Crippen LogP contribution in [0.1, 0.15) is 26.7 Å². The summed E-state index contributed by atoms with van der Waals surface area (Å²) in [6.45, 7) is 3.80. The molecule has 82 valence electrons. The van der Waals surface area contributed by atoms with Gasteiger partial charge in [0.05, 0.1) is 13.7 Å². The van der Waals surface area contributed by atoms with E-state index < -0.39 is 6.16 Å². The minimum Gasteiger partial charge on any atom is -0.466 e. The highest BCUT2D eigenvalue weighted by Gasteiger charge is 2.11. The summed E-state index contributed by atoms with van der Waals surface area (Å²) >= 11 is 0. The van der Waals surface area contributed by atoms with Gasteiger partial charge in [0.15, 0.2) is 0 Å². The Morgan fingerprint density at radius 3 is 2.50 bits per heavy atom. The lowest BCUT2D eigenvalue weighted by Crippen LogP contribution is -2.16. The van der Waals surface area contributed by atoms with Gasteiger partial charge >= 0.3 is 12.1 Å². The van der Waals surface area contributed by atoms with Gasteiger partial charge in [-0.25, -0.2) is 4.79 Å². The number of hydrogen-bond donors (Lipinski definition) is 0. The SMILES string of the molecule is CCOC(=O)CCC(C)OC(=O)OC. The summed E-state index contributed by atoms with van der Waals surface area (Å²) in [5, 5.41) is 0. The number of carbonyl (C=O) groups is 2. The van der Waals surface area contributed by atoms with Gasteiger partial charge in [0, 0.05) is 6.42 Å². The van der Waals surface area contributed by atoms with Crippen molar-refractivity contribution in [2.45, 2.75) is 32.8 Å². The maximum atomic E-state index is 10.9. The van der Waals surface area contributed by atoms with Crippen LogP contribution in [0.5, 0.6) is 0 Å². The summed E-state index contributed by atoms with van der Waals surface area (Å²) < 4.78 is 13.8. The Kier molecular flexibility index (Phi) is 6.53. The molecule has 0 bridgehead atoms. The fraction of sp³-hybridized carbons (Fsp3) is 0.778. The van der Waals surface area contributed by atoms with Crippen LogP contribution in [0.4, 0.5) is 4.79 Å². The quantitative estimate of drug-likeness (QED) is 0.635. The lowest BCUT2D eigenvalue weighted by atomic mass is 10.2. The molecule has 0 aromatic heterocycles. The summed E-state index contributed by atoms with van der Waals surface area (Å²) in [4.78, 5) is 21.5. The molecule has 0 amide bonds. The van der Waals surface area contributed by atoms with E-state index in [4.69, 9.17) is 9.47 Å². The van der Waals surface area contributed by atoms with Gasteiger partial charge in [0.2, 0.25) is 0 Å². The zero-order valence-electron chi connectivity index (χ0n) is 8.74. The van der Waals surface area contributed by atoms with E-state index >= 15 is 0 Å². The highest BCUT2D eigenvalue weighted by Crippen LogP contribution is 2.03. The van der Waals surface area contributed by atoms with E-state index in [-0.39, 0.29) is 18.5 Å². The topological polar surface area (TPSA) is 61.8 Å². The van der Waals surface area contributed by atoms with Gasteiger partial charge in [-0.05, 0) is 20.3 Å². The summed E-state index contributed by atoms with van der Waals surface area (Å²) in [7, 11) is 1.24. The molecule has 5 heteroatoms. The molecule has 5 nitrogen and oxygen atoms in total. The van der Waals surface area contributed by atoms with Crippen LogP contribution in [0.15, 0.2) is 0 Å². The van der Waals surface area contributed by atoms with Gasteiger partial charge in [0.25, 0.3) is 0 Å². The van der Waals surface area contributed by atoms with Crippen LogP contribution in [-0.4, -0.2) is 31.9 Å². The van der Waals surface area contributed by atoms with Crippen molar-refractivity contribution >= 4 is 12.1 Å². The van der Waals surface area contributed by atoms with Crippen LogP contribution in [0, 0.1) is 0 Å². The van der Waals surface area contributed by atoms with E-state index in [9.17, 15) is 9.59 Å². The number of methoxy groups -OCH3 is 1. The maximum absolute atomic E-state index is 10.9. The molecule has 0 N–H and O–H groups in total. The van der Waals surface area contributed by atoms with Gasteiger partial charge in [-0.1, -0.05) is 0 Å². The largest absolute Gasteiger partial charge is 0.508 e. The molecule has 0 spiro atoms. The van der Waals surface area contributed by atoms with Crippen LogP contribution >= 0.6 is 0 Å². The van der Waals surface area contributed by atoms with Gasteiger partial charge in [-0.15, -0.1) is 0 Å². The molecular formula is C9H16O5. The molecule has 0 aliphatic heterocycles. The Balaban J connectivity index is 3.57. The van der Waals surface area contributed by atoms with E-state index in [1.807, 2.05) is 0 Å². The summed E-state index contributed by atoms with van der Waals surface area (Å²) in [5.41, 5.74) is 0. The average Bonchev–Trinajstić information content (AvgIpc) is 2.15. The van der Waals surface area contributed by atoms with Crippen LogP contribution in [-0.2, 0) is 19.0 Å². The van der Waals surface area contributed by atoms with Gasteiger partial charge < -0.3 is 14.2 Å². The van der Waals surface area contributed by atoms with Crippen molar-refractivity contribution in [2.75, 3.05) is 13.7 Å². The standard InChI is InChI=1S/C9H16O5/c1-4-13-8(10)6-5-7(2)14-9(11)12-3/h7H,4-6H2,1-3H3. The second kappa shape index (κ2) is 7.17. The van der Waals surface area contributed by atoms with E-state index in [0.717, 1.165) is 0 Å². The Bertz CT molecular complexity index is 190. The third-order valence-corrected chi connectivity index (χ3v) is 1.52. The number of hydrogen-bond acceptors (Lipinski definition) is 5. The Morgan fingerprint density at radius 1 is 1.36 bits per heavy atom. The first-order valence-corrected chi connectivity index (χ1v) is 4.50. The summed E-state index contributed by atoms with van der Waals surface area (Å²) in [6, 6.07) is 0. The summed E-state index contributed by atoms with van der Waals surface area (Å²) in [6.07, 6.45) is -0.395. The highest BCUT2D eigenvalue weighted by molar-refractivity contribution is 5.69. The molecule has 0 heterocycles. The monoisotopic (exact) mass is 204 g/mol. The van der Waals surface area contributed by atoms with Crippen molar-refractivity contribution in [1.29, 1.82) is 0 Å². The molecule has 14 heavy (non-hydrogen) atoms. The molecule has 0 aromatic rings. The van der Waals surface area contributed by atoms with Gasteiger partial charge in [-0.2, -0.15) is 0 Å². The minimum absolute atomic E-state index is 0.242. The molecule has 1 atom stereocenters. The third kappa shape index (κ3) is 6.28. The molecule has 0 aliphatic rings. The number of carbonyl (C=O) groups excluding carboxylic acids is 2. The fourth-order valence-corrected chi connectivity index (χ4v) is 0.826. The van der Waals surface area contributed by atoms with Crippen LogP contribution in [0.25, 0.3) is 0 Å². The molecule has 0 fully saturated rings. The smallest absolute Gasteiger partial charge is 0.466 e. The first kappa shape index (κ1) is 12.7. The third-order valence-electron chi connectivity index (χ3n) is 1.52. The Labute approximate surface area is 83.3 Å². The second-order valence-corrected chi connectivity index (χ2v) is 2.73.